The molecule has 0 spiro atoms. The van der Waals surface area contributed by atoms with Crippen LogP contribution in [0.1, 0.15) is 41.6 Å². The first-order valence-electron chi connectivity index (χ1n) is 10.2. The summed E-state index contributed by atoms with van der Waals surface area (Å²) in [5.41, 5.74) is 4.38. The lowest BCUT2D eigenvalue weighted by atomic mass is 10.00. The highest BCUT2D eigenvalue weighted by molar-refractivity contribution is 5.95. The molecule has 4 heteroatoms. The number of amides is 1. The van der Waals surface area contributed by atoms with Crippen molar-refractivity contribution in [1.29, 1.82) is 0 Å². The van der Waals surface area contributed by atoms with Gasteiger partial charge in [0.2, 0.25) is 0 Å². The summed E-state index contributed by atoms with van der Waals surface area (Å²) < 4.78 is 0. The lowest BCUT2D eigenvalue weighted by Gasteiger charge is -2.23. The molecule has 2 fully saturated rings. The lowest BCUT2D eigenvalue weighted by Crippen LogP contribution is -2.42. The smallest absolute Gasteiger partial charge is 0.251 e. The molecule has 2 aromatic rings. The van der Waals surface area contributed by atoms with E-state index in [1.807, 2.05) is 18.2 Å². The first-order chi connectivity index (χ1) is 13.3. The molecule has 2 aliphatic rings. The Kier molecular flexibility index (Phi) is 5.85. The van der Waals surface area contributed by atoms with Crippen molar-refractivity contribution in [2.45, 2.75) is 38.3 Å². The van der Waals surface area contributed by atoms with E-state index in [1.54, 1.807) is 0 Å². The third-order valence-electron chi connectivity index (χ3n) is 5.66. The zero-order valence-corrected chi connectivity index (χ0v) is 15.9. The second-order valence-electron chi connectivity index (χ2n) is 7.76. The molecule has 2 aromatic carbocycles. The third kappa shape index (κ3) is 4.76. The largest absolute Gasteiger partial charge is 0.349 e. The van der Waals surface area contributed by atoms with Gasteiger partial charge in [0.15, 0.2) is 0 Å². The standard InChI is InChI=1S/C23H29N3O/c27-23(25-22-9-11-24-12-10-22)21-8-4-7-20(16-21)19-6-3-5-18(15-19)17-26-13-1-2-14-26/h3-8,15-16,22,24H,1-2,9-14,17H2,(H,25,27). The van der Waals surface area contributed by atoms with Crippen molar-refractivity contribution in [3.05, 3.63) is 59.7 Å². The van der Waals surface area contributed by atoms with Crippen molar-refractivity contribution < 1.29 is 4.79 Å². The molecule has 0 atom stereocenters. The lowest BCUT2D eigenvalue weighted by molar-refractivity contribution is 0.0929. The summed E-state index contributed by atoms with van der Waals surface area (Å²) in [6.45, 7) is 5.39. The van der Waals surface area contributed by atoms with Gasteiger partial charge in [0.1, 0.15) is 0 Å². The van der Waals surface area contributed by atoms with E-state index in [0.29, 0.717) is 0 Å². The van der Waals surface area contributed by atoms with Gasteiger partial charge in [-0.15, -0.1) is 0 Å². The number of carbonyl (C=O) groups is 1. The number of hydrogen-bond acceptors (Lipinski definition) is 3. The van der Waals surface area contributed by atoms with Crippen LogP contribution in [0.5, 0.6) is 0 Å². The van der Waals surface area contributed by atoms with Gasteiger partial charge in [0.05, 0.1) is 0 Å². The molecular formula is C23H29N3O. The number of hydrogen-bond donors (Lipinski definition) is 2. The summed E-state index contributed by atoms with van der Waals surface area (Å²) in [4.78, 5) is 15.2. The fourth-order valence-corrected chi connectivity index (χ4v) is 4.12. The maximum absolute atomic E-state index is 12.7. The minimum Gasteiger partial charge on any atom is -0.349 e. The number of likely N-dealkylation sites (tertiary alicyclic amines) is 1. The minimum atomic E-state index is 0.0389. The summed E-state index contributed by atoms with van der Waals surface area (Å²) in [5.74, 6) is 0.0389. The van der Waals surface area contributed by atoms with Gasteiger partial charge in [-0.05, 0) is 86.8 Å². The number of carbonyl (C=O) groups excluding carboxylic acids is 1. The van der Waals surface area contributed by atoms with Gasteiger partial charge in [0.25, 0.3) is 5.91 Å². The molecule has 4 rings (SSSR count). The van der Waals surface area contributed by atoms with Gasteiger partial charge in [-0.3, -0.25) is 9.69 Å². The van der Waals surface area contributed by atoms with Crippen LogP contribution in [0.4, 0.5) is 0 Å². The normalized spacial score (nSPS) is 18.5. The summed E-state index contributed by atoms with van der Waals surface area (Å²) in [7, 11) is 0. The zero-order valence-electron chi connectivity index (χ0n) is 15.9. The highest BCUT2D eigenvalue weighted by Crippen LogP contribution is 2.23. The van der Waals surface area contributed by atoms with Gasteiger partial charge < -0.3 is 10.6 Å². The molecule has 0 aromatic heterocycles. The molecule has 142 valence electrons. The van der Waals surface area contributed by atoms with Crippen LogP contribution >= 0.6 is 0 Å². The van der Waals surface area contributed by atoms with Crippen LogP contribution < -0.4 is 10.6 Å². The number of benzene rings is 2. The van der Waals surface area contributed by atoms with E-state index in [2.05, 4.69) is 45.9 Å². The monoisotopic (exact) mass is 363 g/mol. The topological polar surface area (TPSA) is 44.4 Å². The molecule has 2 saturated heterocycles. The van der Waals surface area contributed by atoms with Crippen LogP contribution in [0.2, 0.25) is 0 Å². The maximum Gasteiger partial charge on any atom is 0.251 e. The molecule has 4 nitrogen and oxygen atoms in total. The van der Waals surface area contributed by atoms with Crippen LogP contribution in [0.3, 0.4) is 0 Å². The van der Waals surface area contributed by atoms with Gasteiger partial charge in [-0.2, -0.15) is 0 Å². The summed E-state index contributed by atoms with van der Waals surface area (Å²) >= 11 is 0. The van der Waals surface area contributed by atoms with Crippen molar-refractivity contribution in [3.8, 4) is 11.1 Å². The van der Waals surface area contributed by atoms with Gasteiger partial charge in [0, 0.05) is 18.2 Å². The second kappa shape index (κ2) is 8.68. The molecule has 2 heterocycles. The van der Waals surface area contributed by atoms with E-state index in [-0.39, 0.29) is 11.9 Å². The maximum atomic E-state index is 12.7. The van der Waals surface area contributed by atoms with Gasteiger partial charge in [-0.25, -0.2) is 0 Å². The Morgan fingerprint density at radius 3 is 2.48 bits per heavy atom. The summed E-state index contributed by atoms with van der Waals surface area (Å²) in [6, 6.07) is 17.0. The Morgan fingerprint density at radius 2 is 1.70 bits per heavy atom. The number of nitrogens with one attached hydrogen (secondary N) is 2. The van der Waals surface area contributed by atoms with Crippen molar-refractivity contribution in [2.75, 3.05) is 26.2 Å². The van der Waals surface area contributed by atoms with E-state index in [1.165, 1.54) is 37.1 Å². The van der Waals surface area contributed by atoms with Crippen LogP contribution in [-0.2, 0) is 6.54 Å². The fourth-order valence-electron chi connectivity index (χ4n) is 4.12. The third-order valence-corrected chi connectivity index (χ3v) is 5.66. The average molecular weight is 364 g/mol. The highest BCUT2D eigenvalue weighted by atomic mass is 16.1. The SMILES string of the molecule is O=C(NC1CCNCC1)c1cccc(-c2cccc(CN3CCCC3)c2)c1. The molecule has 2 N–H and O–H groups in total. The first kappa shape index (κ1) is 18.2. The average Bonchev–Trinajstić information content (AvgIpc) is 3.22. The molecule has 27 heavy (non-hydrogen) atoms. The van der Waals surface area contributed by atoms with Gasteiger partial charge in [-0.1, -0.05) is 30.3 Å². The second-order valence-corrected chi connectivity index (χ2v) is 7.76. The van der Waals surface area contributed by atoms with E-state index in [4.69, 9.17) is 0 Å². The van der Waals surface area contributed by atoms with Crippen LogP contribution in [-0.4, -0.2) is 43.0 Å². The van der Waals surface area contributed by atoms with Crippen molar-refractivity contribution in [1.82, 2.24) is 15.5 Å². The zero-order chi connectivity index (χ0) is 18.5. The van der Waals surface area contributed by atoms with E-state index in [0.717, 1.165) is 43.6 Å². The van der Waals surface area contributed by atoms with Crippen molar-refractivity contribution in [2.24, 2.45) is 0 Å². The predicted octanol–water partition coefficient (Wildman–Crippen LogP) is 3.43. The van der Waals surface area contributed by atoms with Crippen molar-refractivity contribution in [3.63, 3.8) is 0 Å². The molecule has 0 unspecified atom stereocenters. The summed E-state index contributed by atoms with van der Waals surface area (Å²) in [6.07, 6.45) is 4.63. The molecule has 0 bridgehead atoms. The minimum absolute atomic E-state index is 0.0389. The Labute approximate surface area is 162 Å². The molecule has 0 aliphatic carbocycles. The Bertz CT molecular complexity index is 777. The highest BCUT2D eigenvalue weighted by Gasteiger charge is 2.17. The predicted molar refractivity (Wildman–Crippen MR) is 110 cm³/mol. The van der Waals surface area contributed by atoms with Crippen LogP contribution in [0, 0.1) is 0 Å². The molecular weight excluding hydrogens is 334 g/mol. The van der Waals surface area contributed by atoms with E-state index >= 15 is 0 Å². The van der Waals surface area contributed by atoms with Gasteiger partial charge >= 0.3 is 0 Å². The molecule has 1 amide bonds. The van der Waals surface area contributed by atoms with E-state index < -0.39 is 0 Å². The fraction of sp³-hybridized carbons (Fsp3) is 0.435. The number of piperidine rings is 1. The Balaban J connectivity index is 1.47. The molecule has 0 saturated carbocycles. The first-order valence-corrected chi connectivity index (χ1v) is 10.2. The number of nitrogens with zero attached hydrogens (tertiary/aromatic N) is 1. The quantitative estimate of drug-likeness (QED) is 0.855. The molecule has 0 radical (unpaired) electrons. The Hall–Kier alpha value is -2.17. The van der Waals surface area contributed by atoms with E-state index in [9.17, 15) is 4.79 Å². The number of rotatable bonds is 5. The van der Waals surface area contributed by atoms with Crippen molar-refractivity contribution >= 4 is 5.91 Å². The Morgan fingerprint density at radius 1 is 1.00 bits per heavy atom. The summed E-state index contributed by atoms with van der Waals surface area (Å²) in [5, 5.41) is 6.52. The molecule has 2 aliphatic heterocycles. The van der Waals surface area contributed by atoms with Crippen LogP contribution in [0.25, 0.3) is 11.1 Å². The van der Waals surface area contributed by atoms with Crippen LogP contribution in [0.15, 0.2) is 48.5 Å².